The largest absolute Gasteiger partial charge is 0.462 e. The first-order chi connectivity index (χ1) is 13.2. The van der Waals surface area contributed by atoms with Crippen molar-refractivity contribution in [2.24, 2.45) is 0 Å². The lowest BCUT2D eigenvalue weighted by molar-refractivity contribution is -0.384. The molecule has 10 heteroatoms. The van der Waals surface area contributed by atoms with Crippen LogP contribution in [-0.4, -0.2) is 40.8 Å². The van der Waals surface area contributed by atoms with E-state index >= 15 is 0 Å². The second-order valence-corrected chi connectivity index (χ2v) is 6.18. The van der Waals surface area contributed by atoms with Crippen molar-refractivity contribution >= 4 is 35.0 Å². The van der Waals surface area contributed by atoms with Gasteiger partial charge in [0, 0.05) is 11.8 Å². The van der Waals surface area contributed by atoms with Crippen LogP contribution in [-0.2, 0) is 9.47 Å². The number of ketones is 1. The fourth-order valence-electron chi connectivity index (χ4n) is 2.60. The van der Waals surface area contributed by atoms with E-state index in [4.69, 9.17) is 21.1 Å². The predicted molar refractivity (Wildman–Crippen MR) is 98.9 cm³/mol. The Morgan fingerprint density at radius 1 is 1.18 bits per heavy atom. The topological polar surface area (TPSA) is 129 Å². The summed E-state index contributed by atoms with van der Waals surface area (Å²) in [7, 11) is 0. The molecule has 1 aromatic heterocycles. The first-order valence-electron chi connectivity index (χ1n) is 8.17. The number of Topliss-reactive ketones (excluding diaryl/α,β-unsaturated/α-hetero) is 1. The van der Waals surface area contributed by atoms with Gasteiger partial charge in [-0.3, -0.25) is 14.9 Å². The highest BCUT2D eigenvalue weighted by molar-refractivity contribution is 6.32. The summed E-state index contributed by atoms with van der Waals surface area (Å²) in [5.74, 6) is -2.04. The number of nitro groups is 1. The lowest BCUT2D eigenvalue weighted by Gasteiger charge is -2.05. The number of aryl methyl sites for hydroxylation is 1. The molecule has 0 radical (unpaired) electrons. The molecule has 2 aromatic rings. The molecule has 28 heavy (non-hydrogen) atoms. The Morgan fingerprint density at radius 3 is 2.46 bits per heavy atom. The highest BCUT2D eigenvalue weighted by Crippen LogP contribution is 2.25. The van der Waals surface area contributed by atoms with Gasteiger partial charge < -0.3 is 14.5 Å². The lowest BCUT2D eigenvalue weighted by Crippen LogP contribution is -2.16. The number of benzene rings is 1. The molecule has 0 saturated heterocycles. The molecule has 0 amide bonds. The third-order valence-corrected chi connectivity index (χ3v) is 4.23. The van der Waals surface area contributed by atoms with Crippen LogP contribution in [0.1, 0.15) is 49.4 Å². The Bertz CT molecular complexity index is 965. The van der Waals surface area contributed by atoms with E-state index in [0.29, 0.717) is 11.3 Å². The number of halogens is 1. The molecule has 0 saturated carbocycles. The van der Waals surface area contributed by atoms with E-state index < -0.39 is 34.9 Å². The summed E-state index contributed by atoms with van der Waals surface area (Å²) in [6.45, 7) is 4.44. The highest BCUT2D eigenvalue weighted by atomic mass is 35.5. The summed E-state index contributed by atoms with van der Waals surface area (Å²) in [5, 5.41) is 10.8. The van der Waals surface area contributed by atoms with Crippen molar-refractivity contribution in [2.75, 3.05) is 13.2 Å². The SMILES string of the molecule is CCOC(=O)c1c(C)[nH]c(C(=O)COC(=O)c2ccc(Cl)c([N+](=O)[O-])c2)c1C. The zero-order chi connectivity index (χ0) is 21.0. The number of nitro benzene ring substituents is 1. The molecule has 0 atom stereocenters. The van der Waals surface area contributed by atoms with Crippen molar-refractivity contribution in [3.05, 3.63) is 61.4 Å². The normalized spacial score (nSPS) is 10.4. The van der Waals surface area contributed by atoms with Gasteiger partial charge in [0.1, 0.15) is 5.02 Å². The summed E-state index contributed by atoms with van der Waals surface area (Å²) >= 11 is 5.70. The minimum atomic E-state index is -0.917. The van der Waals surface area contributed by atoms with Crippen LogP contribution in [0.2, 0.25) is 5.02 Å². The third-order valence-electron chi connectivity index (χ3n) is 3.91. The molecule has 0 aliphatic rings. The maximum atomic E-state index is 12.4. The van der Waals surface area contributed by atoms with Crippen molar-refractivity contribution in [3.63, 3.8) is 0 Å². The summed E-state index contributed by atoms with van der Waals surface area (Å²) in [6.07, 6.45) is 0. The number of carbonyl (C=O) groups is 3. The number of esters is 2. The van der Waals surface area contributed by atoms with Crippen LogP contribution in [0.3, 0.4) is 0 Å². The number of ether oxygens (including phenoxy) is 2. The van der Waals surface area contributed by atoms with E-state index in [0.717, 1.165) is 6.07 Å². The first-order valence-corrected chi connectivity index (χ1v) is 8.55. The zero-order valence-corrected chi connectivity index (χ0v) is 16.1. The molecule has 1 aromatic carbocycles. The summed E-state index contributed by atoms with van der Waals surface area (Å²) in [6, 6.07) is 3.42. The number of aromatic amines is 1. The fourth-order valence-corrected chi connectivity index (χ4v) is 2.79. The number of aromatic nitrogens is 1. The average Bonchev–Trinajstić information content (AvgIpc) is 2.94. The van der Waals surface area contributed by atoms with Gasteiger partial charge in [0.2, 0.25) is 5.78 Å². The number of hydrogen-bond acceptors (Lipinski definition) is 7. The first kappa shape index (κ1) is 21.1. The molecule has 1 N–H and O–H groups in total. The van der Waals surface area contributed by atoms with Gasteiger partial charge in [0.05, 0.1) is 28.4 Å². The Balaban J connectivity index is 2.13. The zero-order valence-electron chi connectivity index (χ0n) is 15.3. The van der Waals surface area contributed by atoms with Crippen molar-refractivity contribution in [1.29, 1.82) is 0 Å². The Labute approximate surface area is 164 Å². The molecule has 0 unspecified atom stereocenters. The van der Waals surface area contributed by atoms with Crippen LogP contribution < -0.4 is 0 Å². The second kappa shape index (κ2) is 8.66. The molecule has 1 heterocycles. The van der Waals surface area contributed by atoms with Gasteiger partial charge >= 0.3 is 11.9 Å². The minimum absolute atomic E-state index is 0.115. The van der Waals surface area contributed by atoms with Crippen molar-refractivity contribution in [3.8, 4) is 0 Å². The molecule has 0 aliphatic heterocycles. The summed E-state index contributed by atoms with van der Waals surface area (Å²) in [5.41, 5.74) is 0.659. The number of hydrogen-bond donors (Lipinski definition) is 1. The number of H-pyrrole nitrogens is 1. The molecule has 0 fully saturated rings. The quantitative estimate of drug-likeness (QED) is 0.321. The molecular formula is C18H17ClN2O7. The maximum Gasteiger partial charge on any atom is 0.340 e. The standard InChI is InChI=1S/C18H17ClN2O7/c1-4-27-18(24)15-9(2)16(20-10(15)3)14(22)8-28-17(23)11-5-6-12(19)13(7-11)21(25)26/h5-7,20H,4,8H2,1-3H3. The molecule has 148 valence electrons. The van der Waals surface area contributed by atoms with Crippen LogP contribution >= 0.6 is 11.6 Å². The van der Waals surface area contributed by atoms with Crippen LogP contribution in [0.15, 0.2) is 18.2 Å². The predicted octanol–water partition coefficient (Wildman–Crippen LogP) is 3.41. The average molecular weight is 409 g/mol. The number of rotatable bonds is 7. The van der Waals surface area contributed by atoms with Gasteiger partial charge in [-0.05, 0) is 38.5 Å². The van der Waals surface area contributed by atoms with E-state index in [1.807, 2.05) is 0 Å². The smallest absolute Gasteiger partial charge is 0.340 e. The van der Waals surface area contributed by atoms with Crippen LogP contribution in [0.25, 0.3) is 0 Å². The van der Waals surface area contributed by atoms with Gasteiger partial charge in [-0.1, -0.05) is 11.6 Å². The minimum Gasteiger partial charge on any atom is -0.462 e. The van der Waals surface area contributed by atoms with Gasteiger partial charge in [0.15, 0.2) is 6.61 Å². The van der Waals surface area contributed by atoms with E-state index in [-0.39, 0.29) is 28.5 Å². The molecular weight excluding hydrogens is 392 g/mol. The van der Waals surface area contributed by atoms with E-state index in [1.165, 1.54) is 12.1 Å². The van der Waals surface area contributed by atoms with Crippen molar-refractivity contribution in [1.82, 2.24) is 4.98 Å². The monoisotopic (exact) mass is 408 g/mol. The Morgan fingerprint density at radius 2 is 1.86 bits per heavy atom. The van der Waals surface area contributed by atoms with E-state index in [2.05, 4.69) is 4.98 Å². The molecule has 9 nitrogen and oxygen atoms in total. The third kappa shape index (κ3) is 4.37. The van der Waals surface area contributed by atoms with E-state index in [1.54, 1.807) is 20.8 Å². The number of carbonyl (C=O) groups excluding carboxylic acids is 3. The van der Waals surface area contributed by atoms with E-state index in [9.17, 15) is 24.5 Å². The number of nitrogens with zero attached hydrogens (tertiary/aromatic N) is 1. The maximum absolute atomic E-state index is 12.4. The van der Waals surface area contributed by atoms with Gasteiger partial charge in [-0.2, -0.15) is 0 Å². The number of nitrogens with one attached hydrogen (secondary N) is 1. The Kier molecular flexibility index (Phi) is 6.53. The highest BCUT2D eigenvalue weighted by Gasteiger charge is 2.24. The fraction of sp³-hybridized carbons (Fsp3) is 0.278. The lowest BCUT2D eigenvalue weighted by atomic mass is 10.1. The van der Waals surface area contributed by atoms with Crippen LogP contribution in [0, 0.1) is 24.0 Å². The van der Waals surface area contributed by atoms with Crippen molar-refractivity contribution < 1.29 is 28.8 Å². The van der Waals surface area contributed by atoms with Gasteiger partial charge in [0.25, 0.3) is 5.69 Å². The van der Waals surface area contributed by atoms with Crippen molar-refractivity contribution in [2.45, 2.75) is 20.8 Å². The van der Waals surface area contributed by atoms with Crippen LogP contribution in [0.4, 0.5) is 5.69 Å². The Hall–Kier alpha value is -3.20. The second-order valence-electron chi connectivity index (χ2n) is 5.77. The van der Waals surface area contributed by atoms with Gasteiger partial charge in [-0.25, -0.2) is 9.59 Å². The molecule has 0 spiro atoms. The molecule has 0 bridgehead atoms. The van der Waals surface area contributed by atoms with Gasteiger partial charge in [-0.15, -0.1) is 0 Å². The molecule has 0 aliphatic carbocycles. The molecule has 2 rings (SSSR count). The van der Waals surface area contributed by atoms with Crippen LogP contribution in [0.5, 0.6) is 0 Å². The summed E-state index contributed by atoms with van der Waals surface area (Å²) in [4.78, 5) is 49.4. The summed E-state index contributed by atoms with van der Waals surface area (Å²) < 4.78 is 9.90.